The number of thioether (sulfide) groups is 1. The molecule has 0 radical (unpaired) electrons. The molecule has 6 nitrogen and oxygen atoms in total. The summed E-state index contributed by atoms with van der Waals surface area (Å²) in [5.74, 6) is 1.97. The van der Waals surface area contributed by atoms with Crippen molar-refractivity contribution in [1.82, 2.24) is 5.32 Å². The van der Waals surface area contributed by atoms with E-state index in [4.69, 9.17) is 0 Å². The summed E-state index contributed by atoms with van der Waals surface area (Å²) in [5.41, 5.74) is 0.785. The van der Waals surface area contributed by atoms with Crippen LogP contribution in [0, 0.1) is 10.1 Å². The second-order valence-corrected chi connectivity index (χ2v) is 6.52. The van der Waals surface area contributed by atoms with E-state index in [2.05, 4.69) is 10.6 Å². The highest BCUT2D eigenvalue weighted by atomic mass is 32.2. The molecule has 0 spiro atoms. The van der Waals surface area contributed by atoms with E-state index in [-0.39, 0.29) is 10.6 Å². The van der Waals surface area contributed by atoms with Crippen molar-refractivity contribution in [3.05, 3.63) is 33.9 Å². The summed E-state index contributed by atoms with van der Waals surface area (Å²) in [6.07, 6.45) is 1.59. The largest absolute Gasteiger partial charge is 0.389 e. The van der Waals surface area contributed by atoms with Crippen molar-refractivity contribution in [2.24, 2.45) is 0 Å². The molecule has 0 aromatic heterocycles. The van der Waals surface area contributed by atoms with E-state index in [9.17, 15) is 15.2 Å². The molecule has 0 amide bonds. The number of hydrogen-bond acceptors (Lipinski definition) is 6. The second-order valence-electron chi connectivity index (χ2n) is 5.30. The third kappa shape index (κ3) is 4.33. The Labute approximate surface area is 128 Å². The van der Waals surface area contributed by atoms with E-state index in [0.717, 1.165) is 29.9 Å². The second kappa shape index (κ2) is 7.11. The molecule has 0 unspecified atom stereocenters. The van der Waals surface area contributed by atoms with Crippen LogP contribution in [0.1, 0.15) is 18.4 Å². The number of nitro benzene ring substituents is 1. The van der Waals surface area contributed by atoms with Gasteiger partial charge >= 0.3 is 0 Å². The van der Waals surface area contributed by atoms with Crippen molar-refractivity contribution in [2.45, 2.75) is 25.0 Å². The lowest BCUT2D eigenvalue weighted by atomic mass is 9.97. The minimum Gasteiger partial charge on any atom is -0.389 e. The van der Waals surface area contributed by atoms with Gasteiger partial charge in [-0.3, -0.25) is 10.1 Å². The summed E-state index contributed by atoms with van der Waals surface area (Å²) >= 11 is 1.87. The van der Waals surface area contributed by atoms with Crippen LogP contribution in [0.15, 0.2) is 18.2 Å². The van der Waals surface area contributed by atoms with Crippen LogP contribution in [-0.4, -0.2) is 40.7 Å². The van der Waals surface area contributed by atoms with Crippen molar-refractivity contribution in [3.63, 3.8) is 0 Å². The SMILES string of the molecule is CNc1ccc(CNCC2(O)CCSCC2)cc1[N+](=O)[O-]. The van der Waals surface area contributed by atoms with Gasteiger partial charge in [0.05, 0.1) is 10.5 Å². The fourth-order valence-electron chi connectivity index (χ4n) is 2.42. The van der Waals surface area contributed by atoms with E-state index in [0.29, 0.717) is 18.8 Å². The topological polar surface area (TPSA) is 87.4 Å². The maximum atomic E-state index is 11.0. The smallest absolute Gasteiger partial charge is 0.292 e. The molecule has 116 valence electrons. The van der Waals surface area contributed by atoms with Crippen molar-refractivity contribution < 1.29 is 10.0 Å². The van der Waals surface area contributed by atoms with Crippen LogP contribution >= 0.6 is 11.8 Å². The molecule has 1 aliphatic rings. The minimum atomic E-state index is -0.637. The van der Waals surface area contributed by atoms with Crippen LogP contribution in [0.4, 0.5) is 11.4 Å². The Kier molecular flexibility index (Phi) is 5.44. The first kappa shape index (κ1) is 16.1. The fourth-order valence-corrected chi connectivity index (χ4v) is 3.67. The van der Waals surface area contributed by atoms with Crippen molar-refractivity contribution in [1.29, 1.82) is 0 Å². The molecule has 0 atom stereocenters. The van der Waals surface area contributed by atoms with Gasteiger partial charge in [-0.15, -0.1) is 0 Å². The van der Waals surface area contributed by atoms with Gasteiger partial charge in [-0.05, 0) is 36.0 Å². The maximum Gasteiger partial charge on any atom is 0.292 e. The van der Waals surface area contributed by atoms with Gasteiger partial charge < -0.3 is 15.7 Å². The number of nitrogens with zero attached hydrogens (tertiary/aromatic N) is 1. The van der Waals surface area contributed by atoms with Crippen LogP contribution in [0.2, 0.25) is 0 Å². The monoisotopic (exact) mass is 311 g/mol. The number of aliphatic hydroxyl groups is 1. The predicted molar refractivity (Wildman–Crippen MR) is 85.9 cm³/mol. The number of hydrogen-bond donors (Lipinski definition) is 3. The number of nitrogens with one attached hydrogen (secondary N) is 2. The molecular weight excluding hydrogens is 290 g/mol. The van der Waals surface area contributed by atoms with E-state index in [1.54, 1.807) is 19.2 Å². The van der Waals surface area contributed by atoms with Gasteiger partial charge in [0.25, 0.3) is 5.69 Å². The highest BCUT2D eigenvalue weighted by Crippen LogP contribution is 2.27. The van der Waals surface area contributed by atoms with Crippen LogP contribution in [-0.2, 0) is 6.54 Å². The lowest BCUT2D eigenvalue weighted by Crippen LogP contribution is -2.43. The summed E-state index contributed by atoms with van der Waals surface area (Å²) in [5, 5.41) is 27.4. The zero-order valence-corrected chi connectivity index (χ0v) is 12.9. The third-order valence-corrected chi connectivity index (χ3v) is 4.72. The lowest BCUT2D eigenvalue weighted by molar-refractivity contribution is -0.384. The lowest BCUT2D eigenvalue weighted by Gasteiger charge is -2.32. The molecule has 1 aliphatic heterocycles. The van der Waals surface area contributed by atoms with E-state index >= 15 is 0 Å². The number of benzene rings is 1. The molecule has 1 aromatic rings. The molecule has 1 fully saturated rings. The van der Waals surface area contributed by atoms with Crippen LogP contribution < -0.4 is 10.6 Å². The predicted octanol–water partition coefficient (Wildman–Crippen LogP) is 1.98. The molecule has 1 aromatic carbocycles. The molecule has 21 heavy (non-hydrogen) atoms. The third-order valence-electron chi connectivity index (χ3n) is 3.73. The zero-order valence-electron chi connectivity index (χ0n) is 12.1. The average molecular weight is 311 g/mol. The molecule has 3 N–H and O–H groups in total. The van der Waals surface area contributed by atoms with Crippen molar-refractivity contribution >= 4 is 23.1 Å². The van der Waals surface area contributed by atoms with Crippen LogP contribution in [0.5, 0.6) is 0 Å². The van der Waals surface area contributed by atoms with Gasteiger partial charge in [0.1, 0.15) is 5.69 Å². The van der Waals surface area contributed by atoms with E-state index < -0.39 is 5.60 Å². The summed E-state index contributed by atoms with van der Waals surface area (Å²) < 4.78 is 0. The Morgan fingerprint density at radius 3 is 2.76 bits per heavy atom. The summed E-state index contributed by atoms with van der Waals surface area (Å²) in [6, 6.07) is 5.13. The Bertz CT molecular complexity index is 504. The Morgan fingerprint density at radius 2 is 2.14 bits per heavy atom. The van der Waals surface area contributed by atoms with Gasteiger partial charge in [-0.1, -0.05) is 6.07 Å². The molecule has 2 rings (SSSR count). The first-order valence-electron chi connectivity index (χ1n) is 7.00. The van der Waals surface area contributed by atoms with Gasteiger partial charge in [0, 0.05) is 26.2 Å². The highest BCUT2D eigenvalue weighted by molar-refractivity contribution is 7.99. The molecule has 1 saturated heterocycles. The Hall–Kier alpha value is -1.31. The average Bonchev–Trinajstić information content (AvgIpc) is 2.47. The quantitative estimate of drug-likeness (QED) is 0.550. The number of anilines is 1. The first-order chi connectivity index (χ1) is 10.0. The van der Waals surface area contributed by atoms with Crippen LogP contribution in [0.25, 0.3) is 0 Å². The van der Waals surface area contributed by atoms with Gasteiger partial charge in [0.2, 0.25) is 0 Å². The van der Waals surface area contributed by atoms with Gasteiger partial charge in [-0.2, -0.15) is 11.8 Å². The first-order valence-corrected chi connectivity index (χ1v) is 8.15. The Morgan fingerprint density at radius 1 is 1.43 bits per heavy atom. The van der Waals surface area contributed by atoms with Crippen molar-refractivity contribution in [3.8, 4) is 0 Å². The van der Waals surface area contributed by atoms with E-state index in [1.807, 2.05) is 17.8 Å². The highest BCUT2D eigenvalue weighted by Gasteiger charge is 2.28. The molecule has 0 saturated carbocycles. The minimum absolute atomic E-state index is 0.0737. The zero-order chi connectivity index (χ0) is 15.3. The standard InChI is InChI=1S/C14H21N3O3S/c1-15-12-3-2-11(8-13(12)17(19)20)9-16-10-14(18)4-6-21-7-5-14/h2-3,8,15-16,18H,4-7,9-10H2,1H3. The normalized spacial score (nSPS) is 17.4. The Balaban J connectivity index is 1.94. The molecule has 7 heteroatoms. The van der Waals surface area contributed by atoms with E-state index in [1.165, 1.54) is 0 Å². The maximum absolute atomic E-state index is 11.0. The summed E-state index contributed by atoms with van der Waals surface area (Å²) in [7, 11) is 1.66. The molecular formula is C14H21N3O3S. The van der Waals surface area contributed by atoms with Crippen molar-refractivity contribution in [2.75, 3.05) is 30.4 Å². The fraction of sp³-hybridized carbons (Fsp3) is 0.571. The van der Waals surface area contributed by atoms with Crippen LogP contribution in [0.3, 0.4) is 0 Å². The summed E-state index contributed by atoms with van der Waals surface area (Å²) in [4.78, 5) is 10.6. The molecule has 0 bridgehead atoms. The van der Waals surface area contributed by atoms with Gasteiger partial charge in [-0.25, -0.2) is 0 Å². The van der Waals surface area contributed by atoms with Gasteiger partial charge in [0.15, 0.2) is 0 Å². The number of rotatable bonds is 6. The molecule has 0 aliphatic carbocycles. The summed E-state index contributed by atoms with van der Waals surface area (Å²) in [6.45, 7) is 1.04. The number of nitro groups is 1. The molecule has 1 heterocycles.